The summed E-state index contributed by atoms with van der Waals surface area (Å²) < 4.78 is 5.86. The molecule has 0 radical (unpaired) electrons. The Morgan fingerprint density at radius 1 is 1.34 bits per heavy atom. The van der Waals surface area contributed by atoms with E-state index in [1.54, 1.807) is 29.2 Å². The lowest BCUT2D eigenvalue weighted by Gasteiger charge is -2.10. The minimum absolute atomic E-state index is 0.000698. The number of rotatable bonds is 5. The van der Waals surface area contributed by atoms with Crippen LogP contribution in [0.15, 0.2) is 39.1 Å². The number of nitrogen functional groups attached to an aromatic ring is 1. The Hall–Kier alpha value is -4.13. The number of nitrogens with one attached hydrogen (secondary N) is 1. The molecule has 148 valence electrons. The first kappa shape index (κ1) is 18.2. The van der Waals surface area contributed by atoms with Crippen molar-refractivity contribution in [2.24, 2.45) is 10.2 Å². The molecule has 0 fully saturated rings. The van der Waals surface area contributed by atoms with Gasteiger partial charge in [0.05, 0.1) is 11.2 Å². The molecule has 0 aliphatic heterocycles. The number of aromatic nitrogens is 6. The quantitative estimate of drug-likeness (QED) is 0.421. The monoisotopic (exact) mass is 396 g/mol. The molecule has 4 aromatic rings. The third kappa shape index (κ3) is 3.29. The van der Waals surface area contributed by atoms with Crippen LogP contribution in [-0.4, -0.2) is 60.3 Å². The van der Waals surface area contributed by atoms with Gasteiger partial charge in [0.2, 0.25) is 17.5 Å². The highest BCUT2D eigenvalue weighted by Crippen LogP contribution is 2.35. The molecule has 0 saturated carbocycles. The van der Waals surface area contributed by atoms with E-state index in [0.717, 1.165) is 0 Å². The number of fused-ring (bicyclic) bond motifs is 1. The Balaban J connectivity index is 1.71. The number of H-pyrrole nitrogens is 1. The Kier molecular flexibility index (Phi) is 4.48. The molecule has 13 nitrogen and oxygen atoms in total. The van der Waals surface area contributed by atoms with Crippen LogP contribution in [0, 0.1) is 0 Å². The van der Waals surface area contributed by atoms with Gasteiger partial charge in [-0.25, -0.2) is 4.63 Å². The maximum Gasteiger partial charge on any atom is 0.317 e. The predicted octanol–water partition coefficient (Wildman–Crippen LogP) is 1.41. The van der Waals surface area contributed by atoms with Crippen LogP contribution >= 0.6 is 0 Å². The summed E-state index contributed by atoms with van der Waals surface area (Å²) in [5.41, 5.74) is 6.88. The van der Waals surface area contributed by atoms with Gasteiger partial charge in [-0.3, -0.25) is 4.79 Å². The summed E-state index contributed by atoms with van der Waals surface area (Å²) >= 11 is 0. The Labute approximate surface area is 162 Å². The van der Waals surface area contributed by atoms with Crippen LogP contribution in [0.5, 0.6) is 5.88 Å². The van der Waals surface area contributed by atoms with Gasteiger partial charge in [0, 0.05) is 11.9 Å². The Morgan fingerprint density at radius 3 is 2.86 bits per heavy atom. The van der Waals surface area contributed by atoms with E-state index in [0.29, 0.717) is 16.6 Å². The van der Waals surface area contributed by atoms with E-state index in [4.69, 9.17) is 5.73 Å². The largest absolute Gasteiger partial charge is 0.493 e. The molecular formula is C16H16N10O3. The van der Waals surface area contributed by atoms with Crippen molar-refractivity contribution in [2.75, 3.05) is 19.8 Å². The first-order valence-electron chi connectivity index (χ1n) is 8.39. The number of hydrogen-bond acceptors (Lipinski definition) is 10. The maximum atomic E-state index is 12.7. The molecule has 29 heavy (non-hydrogen) atoms. The maximum absolute atomic E-state index is 12.7. The second kappa shape index (κ2) is 7.12. The number of amides is 1. The van der Waals surface area contributed by atoms with Gasteiger partial charge < -0.3 is 20.7 Å². The summed E-state index contributed by atoms with van der Waals surface area (Å²) in [4.78, 5) is 17.3. The standard InChI is InChI=1S/C16H16N10O3/c1-25(2)7-10-12(20-24-26(10)14-13(17)22-29-23-14)16(28)21-19-11-8-5-3-4-6-9(8)18-15(11)27/h3-6,18,27H,7H2,1-2H3,(H2,17,22). The van der Waals surface area contributed by atoms with E-state index < -0.39 is 5.91 Å². The number of aromatic hydroxyl groups is 1. The molecule has 0 aliphatic rings. The van der Waals surface area contributed by atoms with Crippen molar-refractivity contribution < 1.29 is 14.5 Å². The molecule has 4 N–H and O–H groups in total. The van der Waals surface area contributed by atoms with Crippen molar-refractivity contribution in [3.8, 4) is 11.7 Å². The van der Waals surface area contributed by atoms with E-state index in [1.165, 1.54) is 4.68 Å². The highest BCUT2D eigenvalue weighted by Gasteiger charge is 2.24. The van der Waals surface area contributed by atoms with Crippen molar-refractivity contribution >= 4 is 28.3 Å². The lowest BCUT2D eigenvalue weighted by Crippen LogP contribution is -2.17. The third-order valence-electron chi connectivity index (χ3n) is 4.03. The normalized spacial score (nSPS) is 11.8. The lowest BCUT2D eigenvalue weighted by atomic mass is 10.2. The molecule has 0 atom stereocenters. The van der Waals surface area contributed by atoms with Crippen LogP contribution in [0.1, 0.15) is 16.2 Å². The van der Waals surface area contributed by atoms with Crippen molar-refractivity contribution in [3.63, 3.8) is 0 Å². The third-order valence-corrected chi connectivity index (χ3v) is 4.03. The molecule has 1 aromatic carbocycles. The van der Waals surface area contributed by atoms with Gasteiger partial charge in [0.15, 0.2) is 11.4 Å². The molecule has 0 saturated heterocycles. The number of azo groups is 1. The van der Waals surface area contributed by atoms with Crippen LogP contribution in [0.3, 0.4) is 0 Å². The fourth-order valence-corrected chi connectivity index (χ4v) is 2.77. The number of carbonyl (C=O) groups is 1. The number of carbonyl (C=O) groups excluding carboxylic acids is 1. The number of aromatic amines is 1. The highest BCUT2D eigenvalue weighted by atomic mass is 16.6. The number of hydrogen-bond donors (Lipinski definition) is 3. The second-order valence-corrected chi connectivity index (χ2v) is 6.38. The summed E-state index contributed by atoms with van der Waals surface area (Å²) in [5.74, 6) is -0.826. The molecule has 13 heteroatoms. The highest BCUT2D eigenvalue weighted by molar-refractivity contribution is 5.96. The number of benzene rings is 1. The van der Waals surface area contributed by atoms with Gasteiger partial charge in [-0.05, 0) is 30.5 Å². The van der Waals surface area contributed by atoms with E-state index in [2.05, 4.69) is 40.5 Å². The van der Waals surface area contributed by atoms with Crippen molar-refractivity contribution in [1.29, 1.82) is 0 Å². The van der Waals surface area contributed by atoms with Gasteiger partial charge in [-0.2, -0.15) is 4.68 Å². The first-order chi connectivity index (χ1) is 14.0. The van der Waals surface area contributed by atoms with Gasteiger partial charge in [0.1, 0.15) is 0 Å². The van der Waals surface area contributed by atoms with Crippen LogP contribution in [-0.2, 0) is 6.54 Å². The second-order valence-electron chi connectivity index (χ2n) is 6.38. The summed E-state index contributed by atoms with van der Waals surface area (Å²) in [6, 6.07) is 7.11. The number of para-hydroxylation sites is 1. The van der Waals surface area contributed by atoms with Crippen LogP contribution in [0.4, 0.5) is 11.5 Å². The summed E-state index contributed by atoms with van der Waals surface area (Å²) in [7, 11) is 3.61. The molecule has 0 bridgehead atoms. The molecule has 4 rings (SSSR count). The zero-order valence-corrected chi connectivity index (χ0v) is 15.4. The SMILES string of the molecule is CN(C)Cc1c(C(=O)N=Nc2c(O)[nH]c3ccccc23)nnn1-c1nonc1N. The van der Waals surface area contributed by atoms with Crippen molar-refractivity contribution in [1.82, 2.24) is 35.2 Å². The first-order valence-corrected chi connectivity index (χ1v) is 8.39. The number of nitrogens with zero attached hydrogens (tertiary/aromatic N) is 8. The lowest BCUT2D eigenvalue weighted by molar-refractivity contribution is 0.0988. The Morgan fingerprint density at radius 2 is 2.14 bits per heavy atom. The van der Waals surface area contributed by atoms with E-state index in [1.807, 2.05) is 14.1 Å². The molecule has 3 heterocycles. The van der Waals surface area contributed by atoms with Crippen molar-refractivity contribution in [2.45, 2.75) is 6.54 Å². The minimum atomic E-state index is -0.743. The average molecular weight is 396 g/mol. The van der Waals surface area contributed by atoms with Gasteiger partial charge in [-0.15, -0.1) is 15.3 Å². The minimum Gasteiger partial charge on any atom is -0.493 e. The van der Waals surface area contributed by atoms with Crippen molar-refractivity contribution in [3.05, 3.63) is 35.7 Å². The van der Waals surface area contributed by atoms with E-state index in [9.17, 15) is 9.90 Å². The molecule has 0 aliphatic carbocycles. The summed E-state index contributed by atoms with van der Waals surface area (Å²) in [5, 5.41) is 33.3. The van der Waals surface area contributed by atoms with Crippen LogP contribution in [0.25, 0.3) is 16.7 Å². The van der Waals surface area contributed by atoms with E-state index >= 15 is 0 Å². The Bertz CT molecular complexity index is 1220. The van der Waals surface area contributed by atoms with Gasteiger partial charge in [-0.1, -0.05) is 23.4 Å². The topological polar surface area (TPSA) is 177 Å². The zero-order chi connectivity index (χ0) is 20.5. The fraction of sp³-hybridized carbons (Fsp3) is 0.188. The van der Waals surface area contributed by atoms with Gasteiger partial charge >= 0.3 is 5.91 Å². The van der Waals surface area contributed by atoms with E-state index in [-0.39, 0.29) is 35.4 Å². The zero-order valence-electron chi connectivity index (χ0n) is 15.4. The summed E-state index contributed by atoms with van der Waals surface area (Å²) in [6.07, 6.45) is 0. The molecule has 0 spiro atoms. The molecular weight excluding hydrogens is 380 g/mol. The van der Waals surface area contributed by atoms with Crippen LogP contribution < -0.4 is 5.73 Å². The smallest absolute Gasteiger partial charge is 0.317 e. The molecule has 0 unspecified atom stereocenters. The van der Waals surface area contributed by atoms with Crippen LogP contribution in [0.2, 0.25) is 0 Å². The molecule has 3 aromatic heterocycles. The fourth-order valence-electron chi connectivity index (χ4n) is 2.77. The number of nitrogens with two attached hydrogens (primary N) is 1. The predicted molar refractivity (Wildman–Crippen MR) is 99.8 cm³/mol. The number of anilines is 1. The average Bonchev–Trinajstić information content (AvgIpc) is 3.36. The van der Waals surface area contributed by atoms with Gasteiger partial charge in [0.25, 0.3) is 0 Å². The molecule has 1 amide bonds. The summed E-state index contributed by atoms with van der Waals surface area (Å²) in [6.45, 7) is 0.286.